The topological polar surface area (TPSA) is 45.1 Å². The van der Waals surface area contributed by atoms with Crippen molar-refractivity contribution in [1.82, 2.24) is 0 Å². The van der Waals surface area contributed by atoms with Gasteiger partial charge in [0.1, 0.15) is 10.7 Å². The van der Waals surface area contributed by atoms with E-state index in [9.17, 15) is 4.79 Å². The standard InChI is InChI=1S/C26H23N3O2S2/c1-16-10-11-17(2)20(14-16)27-26-29(18-8-6-5-7-9-18)24(30)23(33-26)25-28(3)21-15-19(31-4)12-13-22(21)32-25/h5-15H,1-4H3/b25-23-,27-26?. The monoisotopic (exact) mass is 473 g/mol. The van der Waals surface area contributed by atoms with Crippen molar-refractivity contribution in [2.24, 2.45) is 4.99 Å². The summed E-state index contributed by atoms with van der Waals surface area (Å²) in [6, 6.07) is 21.9. The summed E-state index contributed by atoms with van der Waals surface area (Å²) in [7, 11) is 3.65. The van der Waals surface area contributed by atoms with E-state index in [1.165, 1.54) is 11.8 Å². The lowest BCUT2D eigenvalue weighted by Gasteiger charge is -2.17. The fourth-order valence-electron chi connectivity index (χ4n) is 3.78. The van der Waals surface area contributed by atoms with Crippen LogP contribution >= 0.6 is 23.5 Å². The highest BCUT2D eigenvalue weighted by molar-refractivity contribution is 8.20. The van der Waals surface area contributed by atoms with Crippen molar-refractivity contribution in [1.29, 1.82) is 0 Å². The summed E-state index contributed by atoms with van der Waals surface area (Å²) in [6.07, 6.45) is 0. The molecule has 3 aromatic carbocycles. The number of aliphatic imine (C=N–C) groups is 1. The van der Waals surface area contributed by atoms with Crippen LogP contribution in [0.15, 0.2) is 86.6 Å². The highest BCUT2D eigenvalue weighted by atomic mass is 32.2. The Hall–Kier alpha value is -3.16. The van der Waals surface area contributed by atoms with Gasteiger partial charge in [-0.1, -0.05) is 42.1 Å². The van der Waals surface area contributed by atoms with E-state index in [0.29, 0.717) is 10.1 Å². The average Bonchev–Trinajstić information content (AvgIpc) is 3.32. The first-order valence-corrected chi connectivity index (χ1v) is 12.2. The van der Waals surface area contributed by atoms with E-state index in [4.69, 9.17) is 9.73 Å². The van der Waals surface area contributed by atoms with Crippen LogP contribution in [0.1, 0.15) is 11.1 Å². The van der Waals surface area contributed by atoms with E-state index in [1.54, 1.807) is 23.8 Å². The highest BCUT2D eigenvalue weighted by Crippen LogP contribution is 2.51. The molecule has 2 aliphatic rings. The van der Waals surface area contributed by atoms with Gasteiger partial charge in [-0.15, -0.1) is 0 Å². The van der Waals surface area contributed by atoms with Crippen LogP contribution in [0.25, 0.3) is 0 Å². The molecule has 2 heterocycles. The SMILES string of the molecule is COc1ccc2c(c1)N(C)/C(=C1/SC(=Nc3cc(C)ccc3C)N(c3ccccc3)C1=O)S2. The van der Waals surface area contributed by atoms with Crippen LogP contribution < -0.4 is 14.5 Å². The Morgan fingerprint density at radius 3 is 2.48 bits per heavy atom. The Morgan fingerprint density at radius 2 is 1.73 bits per heavy atom. The third kappa shape index (κ3) is 3.92. The van der Waals surface area contributed by atoms with Crippen LogP contribution in [0.2, 0.25) is 0 Å². The third-order valence-corrected chi connectivity index (χ3v) is 8.00. The molecule has 0 aliphatic carbocycles. The van der Waals surface area contributed by atoms with E-state index in [2.05, 4.69) is 23.1 Å². The maximum absolute atomic E-state index is 13.8. The number of methoxy groups -OCH3 is 1. The lowest BCUT2D eigenvalue weighted by atomic mass is 10.1. The molecule has 0 saturated carbocycles. The third-order valence-electron chi connectivity index (χ3n) is 5.61. The minimum atomic E-state index is -0.0654. The van der Waals surface area contributed by atoms with Crippen LogP contribution in [-0.4, -0.2) is 25.2 Å². The lowest BCUT2D eigenvalue weighted by molar-refractivity contribution is -0.113. The number of amides is 1. The molecule has 1 fully saturated rings. The van der Waals surface area contributed by atoms with Gasteiger partial charge >= 0.3 is 0 Å². The molecular formula is C26H23N3O2S2. The lowest BCUT2D eigenvalue weighted by Crippen LogP contribution is -2.29. The largest absolute Gasteiger partial charge is 0.497 e. The van der Waals surface area contributed by atoms with Crippen molar-refractivity contribution < 1.29 is 9.53 Å². The van der Waals surface area contributed by atoms with Crippen LogP contribution in [0.4, 0.5) is 17.1 Å². The van der Waals surface area contributed by atoms with Gasteiger partial charge in [0, 0.05) is 18.0 Å². The van der Waals surface area contributed by atoms with Crippen LogP contribution in [0, 0.1) is 13.8 Å². The number of hydrogen-bond acceptors (Lipinski definition) is 6. The van der Waals surface area contributed by atoms with E-state index in [-0.39, 0.29) is 5.91 Å². The summed E-state index contributed by atoms with van der Waals surface area (Å²) < 4.78 is 5.40. The Labute approximate surface area is 202 Å². The molecule has 0 N–H and O–H groups in total. The molecule has 0 unspecified atom stereocenters. The number of ether oxygens (including phenoxy) is 1. The molecule has 5 rings (SSSR count). The minimum absolute atomic E-state index is 0.0654. The Morgan fingerprint density at radius 1 is 0.939 bits per heavy atom. The molecule has 0 bridgehead atoms. The number of hydrogen-bond donors (Lipinski definition) is 0. The zero-order chi connectivity index (χ0) is 23.1. The van der Waals surface area contributed by atoms with Gasteiger partial charge in [-0.2, -0.15) is 0 Å². The van der Waals surface area contributed by atoms with Crippen LogP contribution in [-0.2, 0) is 4.79 Å². The number of carbonyl (C=O) groups excluding carboxylic acids is 1. The second-order valence-corrected chi connectivity index (χ2v) is 9.90. The van der Waals surface area contributed by atoms with Gasteiger partial charge in [0.25, 0.3) is 5.91 Å². The summed E-state index contributed by atoms with van der Waals surface area (Å²) in [5.41, 5.74) is 4.91. The number of aryl methyl sites for hydroxylation is 2. The molecule has 1 amide bonds. The van der Waals surface area contributed by atoms with Crippen LogP contribution in [0.3, 0.4) is 0 Å². The molecule has 3 aromatic rings. The number of rotatable bonds is 3. The fraction of sp³-hybridized carbons (Fsp3) is 0.154. The molecule has 2 aliphatic heterocycles. The summed E-state index contributed by atoms with van der Waals surface area (Å²) in [5, 5.41) is 1.56. The maximum Gasteiger partial charge on any atom is 0.274 e. The van der Waals surface area contributed by atoms with Crippen molar-refractivity contribution in [2.45, 2.75) is 18.7 Å². The first-order chi connectivity index (χ1) is 16.0. The second kappa shape index (κ2) is 8.65. The van der Waals surface area contributed by atoms with Gasteiger partial charge in [0.05, 0.1) is 29.2 Å². The smallest absolute Gasteiger partial charge is 0.274 e. The van der Waals surface area contributed by atoms with Crippen molar-refractivity contribution in [3.63, 3.8) is 0 Å². The van der Waals surface area contributed by atoms with Gasteiger partial charge in [-0.3, -0.25) is 9.69 Å². The number of carbonyl (C=O) groups is 1. The van der Waals surface area contributed by atoms with E-state index >= 15 is 0 Å². The van der Waals surface area contributed by atoms with Gasteiger partial charge in [0.15, 0.2) is 5.17 Å². The number of amidine groups is 1. The average molecular weight is 474 g/mol. The quantitative estimate of drug-likeness (QED) is 0.407. The van der Waals surface area contributed by atoms with Crippen LogP contribution in [0.5, 0.6) is 5.75 Å². The highest BCUT2D eigenvalue weighted by Gasteiger charge is 2.40. The normalized spacial score (nSPS) is 18.9. The molecule has 5 nitrogen and oxygen atoms in total. The fourth-order valence-corrected chi connectivity index (χ4v) is 6.10. The number of benzene rings is 3. The number of thioether (sulfide) groups is 2. The molecule has 7 heteroatoms. The molecule has 0 atom stereocenters. The molecule has 1 saturated heterocycles. The number of fused-ring (bicyclic) bond motifs is 1. The van der Waals surface area contributed by atoms with E-state index < -0.39 is 0 Å². The molecule has 166 valence electrons. The van der Waals surface area contributed by atoms with Gasteiger partial charge in [-0.05, 0) is 67.1 Å². The number of para-hydroxylation sites is 1. The minimum Gasteiger partial charge on any atom is -0.497 e. The summed E-state index contributed by atoms with van der Waals surface area (Å²) in [5.74, 6) is 0.727. The number of nitrogens with zero attached hydrogens (tertiary/aromatic N) is 3. The predicted molar refractivity (Wildman–Crippen MR) is 139 cm³/mol. The Bertz CT molecular complexity index is 1320. The molecule has 33 heavy (non-hydrogen) atoms. The molecule has 0 aromatic heterocycles. The summed E-state index contributed by atoms with van der Waals surface area (Å²) in [6.45, 7) is 4.09. The first kappa shape index (κ1) is 21.7. The van der Waals surface area contributed by atoms with E-state index in [1.807, 2.05) is 69.4 Å². The number of anilines is 2. The van der Waals surface area contributed by atoms with Crippen molar-refractivity contribution in [3.8, 4) is 5.75 Å². The second-order valence-electron chi connectivity index (χ2n) is 7.89. The molecular weight excluding hydrogens is 450 g/mol. The predicted octanol–water partition coefficient (Wildman–Crippen LogP) is 6.49. The molecule has 0 spiro atoms. The first-order valence-electron chi connectivity index (χ1n) is 10.5. The van der Waals surface area contributed by atoms with E-state index in [0.717, 1.165) is 43.9 Å². The molecule has 0 radical (unpaired) electrons. The Balaban J connectivity index is 1.62. The zero-order valence-electron chi connectivity index (χ0n) is 18.8. The van der Waals surface area contributed by atoms with Gasteiger partial charge in [0.2, 0.25) is 0 Å². The van der Waals surface area contributed by atoms with Crippen molar-refractivity contribution in [2.75, 3.05) is 24.0 Å². The van der Waals surface area contributed by atoms with Crippen molar-refractivity contribution in [3.05, 3.63) is 87.8 Å². The zero-order valence-corrected chi connectivity index (χ0v) is 20.5. The summed E-state index contributed by atoms with van der Waals surface area (Å²) in [4.78, 5) is 24.3. The van der Waals surface area contributed by atoms with Gasteiger partial charge < -0.3 is 9.64 Å². The Kier molecular flexibility index (Phi) is 5.68. The summed E-state index contributed by atoms with van der Waals surface area (Å²) >= 11 is 3.03. The van der Waals surface area contributed by atoms with Crippen molar-refractivity contribution >= 4 is 51.7 Å². The maximum atomic E-state index is 13.8. The van der Waals surface area contributed by atoms with Gasteiger partial charge in [-0.25, -0.2) is 4.99 Å².